The van der Waals surface area contributed by atoms with E-state index in [9.17, 15) is 4.79 Å². The van der Waals surface area contributed by atoms with Crippen LogP contribution in [0, 0.1) is 0 Å². The molecule has 1 fully saturated rings. The van der Waals surface area contributed by atoms with Crippen LogP contribution in [-0.4, -0.2) is 21.8 Å². The van der Waals surface area contributed by atoms with E-state index in [1.807, 2.05) is 35.4 Å². The van der Waals surface area contributed by atoms with Gasteiger partial charge in [0.1, 0.15) is 0 Å². The average molecular weight is 369 g/mol. The van der Waals surface area contributed by atoms with Gasteiger partial charge in [0.25, 0.3) is 5.91 Å². The van der Waals surface area contributed by atoms with Gasteiger partial charge in [0, 0.05) is 28.8 Å². The number of halogens is 1. The molecule has 4 rings (SSSR count). The lowest BCUT2D eigenvalue weighted by molar-refractivity contribution is 0.0729. The Morgan fingerprint density at radius 1 is 1.17 bits per heavy atom. The van der Waals surface area contributed by atoms with Gasteiger partial charge in [0.05, 0.1) is 5.56 Å². The van der Waals surface area contributed by atoms with E-state index < -0.39 is 0 Å². The molecule has 0 saturated heterocycles. The van der Waals surface area contributed by atoms with Crippen molar-refractivity contribution < 1.29 is 4.79 Å². The summed E-state index contributed by atoms with van der Waals surface area (Å²) in [5.41, 5.74) is 3.01. The summed E-state index contributed by atoms with van der Waals surface area (Å²) in [6.07, 6.45) is 4.14. The van der Waals surface area contributed by atoms with Crippen molar-refractivity contribution >= 4 is 32.7 Å². The van der Waals surface area contributed by atoms with E-state index >= 15 is 0 Å². The topological polar surface area (TPSA) is 36.1 Å². The summed E-state index contributed by atoms with van der Waals surface area (Å²) >= 11 is 3.49. The average Bonchev–Trinajstić information content (AvgIpc) is 3.29. The highest BCUT2D eigenvalue weighted by Gasteiger charge is 2.33. The summed E-state index contributed by atoms with van der Waals surface area (Å²) in [5.74, 6) is 0.103. The number of nitrogens with one attached hydrogen (secondary N) is 1. The number of rotatable bonds is 4. The molecule has 3 aromatic rings. The molecule has 0 radical (unpaired) electrons. The van der Waals surface area contributed by atoms with E-state index in [-0.39, 0.29) is 5.91 Å². The van der Waals surface area contributed by atoms with Crippen LogP contribution >= 0.6 is 15.9 Å². The highest BCUT2D eigenvalue weighted by atomic mass is 79.9. The van der Waals surface area contributed by atoms with Crippen LogP contribution in [0.15, 0.2) is 59.2 Å². The Kier molecular flexibility index (Phi) is 3.69. The maximum Gasteiger partial charge on any atom is 0.255 e. The zero-order valence-corrected chi connectivity index (χ0v) is 14.2. The molecule has 1 N–H and O–H groups in total. The van der Waals surface area contributed by atoms with Gasteiger partial charge >= 0.3 is 0 Å². The number of nitrogens with zero attached hydrogens (tertiary/aromatic N) is 1. The molecule has 1 aliphatic rings. The second-order valence-electron chi connectivity index (χ2n) is 6.04. The molecule has 2 aromatic carbocycles. The second kappa shape index (κ2) is 5.85. The number of H-pyrrole nitrogens is 1. The molecule has 1 aromatic heterocycles. The van der Waals surface area contributed by atoms with E-state index in [0.29, 0.717) is 12.6 Å². The van der Waals surface area contributed by atoms with Crippen molar-refractivity contribution in [1.82, 2.24) is 9.88 Å². The summed E-state index contributed by atoms with van der Waals surface area (Å²) in [6.45, 7) is 0.653. The van der Waals surface area contributed by atoms with Crippen LogP contribution in [0.2, 0.25) is 0 Å². The molecule has 0 spiro atoms. The number of hydrogen-bond donors (Lipinski definition) is 1. The van der Waals surface area contributed by atoms with Gasteiger partial charge in [0.15, 0.2) is 0 Å². The first-order valence-corrected chi connectivity index (χ1v) is 8.63. The Labute approximate surface area is 143 Å². The Hall–Kier alpha value is -2.07. The summed E-state index contributed by atoms with van der Waals surface area (Å²) < 4.78 is 0.857. The molecule has 0 unspecified atom stereocenters. The predicted octanol–water partition coefficient (Wildman–Crippen LogP) is 4.74. The Balaban J connectivity index is 1.63. The maximum atomic E-state index is 13.0. The number of carbonyl (C=O) groups is 1. The first-order chi connectivity index (χ1) is 11.2. The largest absolute Gasteiger partial charge is 0.361 e. The van der Waals surface area contributed by atoms with Gasteiger partial charge in [-0.05, 0) is 64.0 Å². The summed E-state index contributed by atoms with van der Waals surface area (Å²) in [4.78, 5) is 18.2. The van der Waals surface area contributed by atoms with Gasteiger partial charge in [0.2, 0.25) is 0 Å². The van der Waals surface area contributed by atoms with Crippen LogP contribution in [0.4, 0.5) is 0 Å². The van der Waals surface area contributed by atoms with Crippen LogP contribution in [0.3, 0.4) is 0 Å². The molecule has 1 aliphatic carbocycles. The van der Waals surface area contributed by atoms with E-state index in [0.717, 1.165) is 34.0 Å². The molecule has 1 heterocycles. The Morgan fingerprint density at radius 3 is 2.78 bits per heavy atom. The number of hydrogen-bond acceptors (Lipinski definition) is 1. The number of amides is 1. The molecule has 1 saturated carbocycles. The van der Waals surface area contributed by atoms with Crippen molar-refractivity contribution in [3.8, 4) is 0 Å². The van der Waals surface area contributed by atoms with Gasteiger partial charge < -0.3 is 9.88 Å². The van der Waals surface area contributed by atoms with Crippen molar-refractivity contribution in [2.75, 3.05) is 0 Å². The van der Waals surface area contributed by atoms with Gasteiger partial charge in [-0.25, -0.2) is 0 Å². The first kappa shape index (κ1) is 14.5. The van der Waals surface area contributed by atoms with E-state index in [4.69, 9.17) is 0 Å². The summed E-state index contributed by atoms with van der Waals surface area (Å²) in [7, 11) is 0. The van der Waals surface area contributed by atoms with Crippen molar-refractivity contribution in [1.29, 1.82) is 0 Å². The van der Waals surface area contributed by atoms with Crippen molar-refractivity contribution in [2.24, 2.45) is 0 Å². The number of carbonyl (C=O) groups excluding carboxylic acids is 1. The fourth-order valence-electron chi connectivity index (χ4n) is 2.93. The number of aromatic nitrogens is 1. The molecule has 1 amide bonds. The van der Waals surface area contributed by atoms with E-state index in [1.54, 1.807) is 0 Å². The monoisotopic (exact) mass is 368 g/mol. The standard InChI is InChI=1S/C19H17BrN2O/c20-17-4-2-1-3-16(17)19(23)22(15-7-8-15)12-13-5-6-14-9-10-21-18(14)11-13/h1-6,9-11,15,21H,7-8,12H2. The predicted molar refractivity (Wildman–Crippen MR) is 95.3 cm³/mol. The van der Waals surface area contributed by atoms with Crippen molar-refractivity contribution in [3.63, 3.8) is 0 Å². The minimum atomic E-state index is 0.103. The molecule has 0 aliphatic heterocycles. The highest BCUT2D eigenvalue weighted by molar-refractivity contribution is 9.10. The minimum absolute atomic E-state index is 0.103. The van der Waals surface area contributed by atoms with E-state index in [1.165, 1.54) is 5.39 Å². The molecule has 3 nitrogen and oxygen atoms in total. The normalized spacial score (nSPS) is 14.1. The number of benzene rings is 2. The smallest absolute Gasteiger partial charge is 0.255 e. The third kappa shape index (κ3) is 2.91. The van der Waals surface area contributed by atoms with Crippen LogP contribution in [0.1, 0.15) is 28.8 Å². The van der Waals surface area contributed by atoms with Crippen molar-refractivity contribution in [2.45, 2.75) is 25.4 Å². The summed E-state index contributed by atoms with van der Waals surface area (Å²) in [5, 5.41) is 1.20. The fraction of sp³-hybridized carbons (Fsp3) is 0.211. The number of aromatic amines is 1. The molecule has 23 heavy (non-hydrogen) atoms. The van der Waals surface area contributed by atoms with Crippen LogP contribution in [-0.2, 0) is 6.54 Å². The molecule has 0 atom stereocenters. The zero-order valence-electron chi connectivity index (χ0n) is 12.6. The lowest BCUT2D eigenvalue weighted by Gasteiger charge is -2.23. The molecule has 4 heteroatoms. The van der Waals surface area contributed by atoms with Crippen LogP contribution < -0.4 is 0 Å². The second-order valence-corrected chi connectivity index (χ2v) is 6.90. The lowest BCUT2D eigenvalue weighted by atomic mass is 10.1. The molecule has 116 valence electrons. The fourth-order valence-corrected chi connectivity index (χ4v) is 3.39. The zero-order chi connectivity index (χ0) is 15.8. The van der Waals surface area contributed by atoms with Gasteiger partial charge in [-0.2, -0.15) is 0 Å². The van der Waals surface area contributed by atoms with Crippen LogP contribution in [0.5, 0.6) is 0 Å². The quantitative estimate of drug-likeness (QED) is 0.709. The SMILES string of the molecule is O=C(c1ccccc1Br)N(Cc1ccc2cc[nH]c2c1)C1CC1. The van der Waals surface area contributed by atoms with Gasteiger partial charge in [-0.15, -0.1) is 0 Å². The molecular formula is C19H17BrN2O. The molecule has 0 bridgehead atoms. The third-order valence-corrected chi connectivity index (χ3v) is 5.02. The lowest BCUT2D eigenvalue weighted by Crippen LogP contribution is -2.32. The van der Waals surface area contributed by atoms with Crippen LogP contribution in [0.25, 0.3) is 10.9 Å². The van der Waals surface area contributed by atoms with Gasteiger partial charge in [-0.3, -0.25) is 4.79 Å². The Bertz CT molecular complexity index is 866. The van der Waals surface area contributed by atoms with E-state index in [2.05, 4.69) is 45.2 Å². The third-order valence-electron chi connectivity index (χ3n) is 4.33. The molecular weight excluding hydrogens is 352 g/mol. The maximum absolute atomic E-state index is 13.0. The first-order valence-electron chi connectivity index (χ1n) is 7.84. The minimum Gasteiger partial charge on any atom is -0.361 e. The Morgan fingerprint density at radius 2 is 2.00 bits per heavy atom. The number of fused-ring (bicyclic) bond motifs is 1. The summed E-state index contributed by atoms with van der Waals surface area (Å²) in [6, 6.07) is 16.4. The van der Waals surface area contributed by atoms with Gasteiger partial charge in [-0.1, -0.05) is 24.3 Å². The van der Waals surface area contributed by atoms with Crippen molar-refractivity contribution in [3.05, 3.63) is 70.3 Å². The highest BCUT2D eigenvalue weighted by Crippen LogP contribution is 2.31.